The van der Waals surface area contributed by atoms with Crippen LogP contribution in [0.2, 0.25) is 0 Å². The number of hydrogen-bond donors (Lipinski definition) is 2. The summed E-state index contributed by atoms with van der Waals surface area (Å²) >= 11 is 0. The van der Waals surface area contributed by atoms with Gasteiger partial charge in [0.15, 0.2) is 0 Å². The number of carboxylic acid groups (broad SMARTS) is 1. The number of hydrogen-bond acceptors (Lipinski definition) is 5. The second kappa shape index (κ2) is 9.93. The van der Waals surface area contributed by atoms with Crippen molar-refractivity contribution < 1.29 is 49.5 Å². The Kier molecular flexibility index (Phi) is 7.56. The molecule has 15 heteroatoms. The predicted molar refractivity (Wildman–Crippen MR) is 123 cm³/mol. The van der Waals surface area contributed by atoms with Gasteiger partial charge in [-0.15, -0.1) is 0 Å². The molecule has 0 atom stereocenters. The molecule has 38 heavy (non-hydrogen) atoms. The molecule has 2 amide bonds. The minimum Gasteiger partial charge on any atom is -0.464 e. The Bertz CT molecular complexity index is 1390. The van der Waals surface area contributed by atoms with E-state index in [-0.39, 0.29) is 40.0 Å². The van der Waals surface area contributed by atoms with Crippen LogP contribution in [0.1, 0.15) is 30.9 Å². The summed E-state index contributed by atoms with van der Waals surface area (Å²) in [4.78, 5) is 25.8. The van der Waals surface area contributed by atoms with Gasteiger partial charge in [-0.25, -0.2) is 17.9 Å². The molecule has 0 saturated heterocycles. The van der Waals surface area contributed by atoms with Crippen LogP contribution in [0.3, 0.4) is 0 Å². The summed E-state index contributed by atoms with van der Waals surface area (Å²) < 4.78 is 110. The van der Waals surface area contributed by atoms with Crippen molar-refractivity contribution in [1.82, 2.24) is 9.62 Å². The average molecular weight is 565 g/mol. The van der Waals surface area contributed by atoms with Crippen molar-refractivity contribution in [2.24, 2.45) is 4.99 Å². The molecule has 0 aromatic heterocycles. The van der Waals surface area contributed by atoms with Gasteiger partial charge in [-0.2, -0.15) is 31.3 Å². The van der Waals surface area contributed by atoms with Gasteiger partial charge in [0, 0.05) is 18.5 Å². The van der Waals surface area contributed by atoms with Gasteiger partial charge >= 0.3 is 24.0 Å². The first-order chi connectivity index (χ1) is 17.5. The summed E-state index contributed by atoms with van der Waals surface area (Å²) in [6.45, 7) is 1.94. The molecular formula is C23H21F6N3O5S. The van der Waals surface area contributed by atoms with E-state index in [1.807, 2.05) is 0 Å². The van der Waals surface area contributed by atoms with Gasteiger partial charge in [-0.1, -0.05) is 43.3 Å². The average Bonchev–Trinajstić information content (AvgIpc) is 3.06. The zero-order chi connectivity index (χ0) is 28.7. The molecule has 0 bridgehead atoms. The lowest BCUT2D eigenvalue weighted by Crippen LogP contribution is -2.69. The van der Waals surface area contributed by atoms with Crippen molar-refractivity contribution in [2.75, 3.05) is 0 Å². The number of alkyl halides is 6. The van der Waals surface area contributed by atoms with Gasteiger partial charge in [0.2, 0.25) is 0 Å². The Morgan fingerprint density at radius 3 is 2.21 bits per heavy atom. The molecule has 1 aliphatic heterocycles. The van der Waals surface area contributed by atoms with E-state index >= 15 is 0 Å². The molecule has 2 aromatic rings. The van der Waals surface area contributed by atoms with Crippen molar-refractivity contribution in [2.45, 2.75) is 56.0 Å². The van der Waals surface area contributed by atoms with E-state index < -0.39 is 57.2 Å². The molecule has 8 nitrogen and oxygen atoms in total. The van der Waals surface area contributed by atoms with E-state index in [0.717, 1.165) is 6.07 Å². The van der Waals surface area contributed by atoms with Crippen LogP contribution in [0, 0.1) is 6.92 Å². The van der Waals surface area contributed by atoms with Crippen molar-refractivity contribution >= 4 is 27.9 Å². The number of amides is 2. The van der Waals surface area contributed by atoms with Gasteiger partial charge in [0.25, 0.3) is 15.9 Å². The SMILES string of the molecule is CCCC1=NC(=O)C(C(F)(F)F)(C(F)(F)F)N1Cc1ccc(-c2ccccc2S(=O)(=O)NC(=O)O)cc1C. The van der Waals surface area contributed by atoms with Crippen LogP contribution in [-0.2, 0) is 21.4 Å². The van der Waals surface area contributed by atoms with Gasteiger partial charge in [0.1, 0.15) is 5.84 Å². The zero-order valence-electron chi connectivity index (χ0n) is 19.8. The molecule has 1 heterocycles. The van der Waals surface area contributed by atoms with E-state index in [1.54, 1.807) is 0 Å². The molecule has 1 aliphatic rings. The third-order valence-electron chi connectivity index (χ3n) is 5.93. The summed E-state index contributed by atoms with van der Waals surface area (Å²) in [5, 5.41) is 8.83. The maximum atomic E-state index is 14.0. The molecule has 206 valence electrons. The fourth-order valence-corrected chi connectivity index (χ4v) is 5.29. The summed E-state index contributed by atoms with van der Waals surface area (Å²) in [6, 6.07) is 9.11. The smallest absolute Gasteiger partial charge is 0.430 e. The van der Waals surface area contributed by atoms with Crippen molar-refractivity contribution in [3.05, 3.63) is 53.6 Å². The van der Waals surface area contributed by atoms with E-state index in [1.165, 1.54) is 55.0 Å². The number of carbonyl (C=O) groups is 2. The second-order valence-electron chi connectivity index (χ2n) is 8.42. The zero-order valence-corrected chi connectivity index (χ0v) is 20.6. The van der Waals surface area contributed by atoms with Crippen LogP contribution in [0.15, 0.2) is 52.4 Å². The number of aryl methyl sites for hydroxylation is 1. The van der Waals surface area contributed by atoms with Crippen LogP contribution >= 0.6 is 0 Å². The third-order valence-corrected chi connectivity index (χ3v) is 7.31. The van der Waals surface area contributed by atoms with E-state index in [9.17, 15) is 44.3 Å². The first-order valence-corrected chi connectivity index (χ1v) is 12.4. The fourth-order valence-electron chi connectivity index (χ4n) is 4.22. The van der Waals surface area contributed by atoms with Gasteiger partial charge in [-0.3, -0.25) is 4.79 Å². The van der Waals surface area contributed by atoms with Crippen molar-refractivity contribution in [1.29, 1.82) is 0 Å². The first-order valence-electron chi connectivity index (χ1n) is 10.9. The van der Waals surface area contributed by atoms with Crippen molar-refractivity contribution in [3.63, 3.8) is 0 Å². The standard InChI is InChI=1S/C23H21F6N3O5S/c1-3-6-18-30-19(33)21(22(24,25)26,23(27,28)29)32(18)12-15-10-9-14(11-13(15)2)16-7-4-5-8-17(16)38(36,37)31-20(34)35/h4-5,7-11,31H,3,6,12H2,1-2H3,(H,34,35). The number of benzene rings is 2. The normalized spacial score (nSPS) is 15.9. The molecular weight excluding hydrogens is 544 g/mol. The predicted octanol–water partition coefficient (Wildman–Crippen LogP) is 5.02. The molecule has 3 rings (SSSR count). The van der Waals surface area contributed by atoms with Gasteiger partial charge < -0.3 is 10.0 Å². The Morgan fingerprint density at radius 2 is 1.68 bits per heavy atom. The maximum absolute atomic E-state index is 14.0. The molecule has 2 aromatic carbocycles. The van der Waals surface area contributed by atoms with E-state index in [2.05, 4.69) is 4.99 Å². The van der Waals surface area contributed by atoms with E-state index in [4.69, 9.17) is 5.11 Å². The summed E-state index contributed by atoms with van der Waals surface area (Å²) in [7, 11) is -4.51. The van der Waals surface area contributed by atoms with Crippen LogP contribution in [0.5, 0.6) is 0 Å². The molecule has 2 N–H and O–H groups in total. The van der Waals surface area contributed by atoms with Crippen LogP contribution in [0.25, 0.3) is 11.1 Å². The van der Waals surface area contributed by atoms with Crippen LogP contribution < -0.4 is 4.72 Å². The van der Waals surface area contributed by atoms with Gasteiger partial charge in [0.05, 0.1) is 4.90 Å². The summed E-state index contributed by atoms with van der Waals surface area (Å²) in [6.07, 6.45) is -14.1. The van der Waals surface area contributed by atoms with Crippen LogP contribution in [0.4, 0.5) is 31.1 Å². The number of aliphatic imine (C=N–C) groups is 1. The lowest BCUT2D eigenvalue weighted by Gasteiger charge is -2.40. The molecule has 0 fully saturated rings. The highest BCUT2D eigenvalue weighted by atomic mass is 32.2. The molecule has 0 spiro atoms. The highest BCUT2D eigenvalue weighted by Crippen LogP contribution is 2.51. The molecule has 0 aliphatic carbocycles. The Balaban J connectivity index is 2.10. The number of sulfonamides is 1. The third kappa shape index (κ3) is 4.93. The monoisotopic (exact) mass is 565 g/mol. The maximum Gasteiger partial charge on any atom is 0.430 e. The fraction of sp³-hybridized carbons (Fsp3) is 0.348. The topological polar surface area (TPSA) is 116 Å². The number of amidine groups is 1. The number of nitrogens with one attached hydrogen (secondary N) is 1. The Hall–Kier alpha value is -3.62. The summed E-state index contributed by atoms with van der Waals surface area (Å²) in [5.41, 5.74) is -4.42. The molecule has 0 unspecified atom stereocenters. The largest absolute Gasteiger partial charge is 0.464 e. The highest BCUT2D eigenvalue weighted by molar-refractivity contribution is 7.90. The minimum absolute atomic E-state index is 0.00544. The Morgan fingerprint density at radius 1 is 1.08 bits per heavy atom. The number of halogens is 6. The molecule has 0 saturated carbocycles. The number of rotatable bonds is 7. The second-order valence-corrected chi connectivity index (χ2v) is 10.1. The summed E-state index contributed by atoms with van der Waals surface area (Å²) in [5.74, 6) is -3.01. The van der Waals surface area contributed by atoms with E-state index in [0.29, 0.717) is 0 Å². The quantitative estimate of drug-likeness (QED) is 0.456. The van der Waals surface area contributed by atoms with Crippen molar-refractivity contribution in [3.8, 4) is 11.1 Å². The minimum atomic E-state index is -6.03. The highest BCUT2D eigenvalue weighted by Gasteiger charge is 2.81. The van der Waals surface area contributed by atoms with Crippen LogP contribution in [-0.4, -0.2) is 54.2 Å². The number of nitrogens with zero attached hydrogens (tertiary/aromatic N) is 2. The lowest BCUT2D eigenvalue weighted by atomic mass is 9.93. The Labute approximate surface area is 213 Å². The lowest BCUT2D eigenvalue weighted by molar-refractivity contribution is -0.314. The van der Waals surface area contributed by atoms with Gasteiger partial charge in [-0.05, 0) is 36.1 Å². The molecule has 0 radical (unpaired) electrons. The first kappa shape index (κ1) is 28.9. The number of carbonyl (C=O) groups excluding carboxylic acids is 1.